The molecule has 4 atom stereocenters. The minimum absolute atomic E-state index is 0.0298. The first-order chi connectivity index (χ1) is 15.2. The molecule has 1 saturated heterocycles. The lowest BCUT2D eigenvalue weighted by atomic mass is 9.75. The second-order valence-electron chi connectivity index (χ2n) is 9.26. The van der Waals surface area contributed by atoms with Crippen molar-refractivity contribution >= 4 is 17.6 Å². The maximum Gasteiger partial charge on any atom is 0.307 e. The monoisotopic (exact) mass is 456 g/mol. The maximum atomic E-state index is 11.3. The van der Waals surface area contributed by atoms with Crippen LogP contribution in [-0.2, 0) is 16.0 Å². The highest BCUT2D eigenvalue weighted by Gasteiger charge is 2.39. The van der Waals surface area contributed by atoms with Crippen LogP contribution in [0.2, 0.25) is 5.02 Å². The van der Waals surface area contributed by atoms with Gasteiger partial charge in [-0.3, -0.25) is 4.79 Å². The molecule has 1 aliphatic rings. The highest BCUT2D eigenvalue weighted by Crippen LogP contribution is 2.48. The molecule has 5 heteroatoms. The van der Waals surface area contributed by atoms with E-state index >= 15 is 0 Å². The van der Waals surface area contributed by atoms with E-state index in [2.05, 4.69) is 39.5 Å². The van der Waals surface area contributed by atoms with Gasteiger partial charge in [-0.2, -0.15) is 0 Å². The zero-order valence-corrected chi connectivity index (χ0v) is 20.1. The van der Waals surface area contributed by atoms with Gasteiger partial charge in [0.05, 0.1) is 25.2 Å². The molecule has 0 saturated carbocycles. The molecule has 0 aromatic heterocycles. The van der Waals surface area contributed by atoms with Crippen molar-refractivity contribution in [3.05, 3.63) is 76.3 Å². The van der Waals surface area contributed by atoms with Crippen molar-refractivity contribution in [2.24, 2.45) is 11.8 Å². The standard InChI is InChI=1S/C27H33ClO4/c1-16(2)15-31-25-11-6-19(13-26(29)30)12-24(25)27-22(17(3)4)14-23(18(5)32-27)20-7-9-21(28)10-8-20/h6-12,16,18,22-23,27H,3,13-15H2,1-2,4-5H3,(H,29,30)/t18-,22+,23-,27-/m0/s1. The lowest BCUT2D eigenvalue weighted by Crippen LogP contribution is -2.34. The molecule has 2 aromatic rings. The quantitative estimate of drug-likeness (QED) is 0.442. The summed E-state index contributed by atoms with van der Waals surface area (Å²) in [6.07, 6.45) is 0.570. The van der Waals surface area contributed by atoms with Gasteiger partial charge in [0.2, 0.25) is 0 Å². The fourth-order valence-electron chi connectivity index (χ4n) is 4.37. The van der Waals surface area contributed by atoms with Crippen molar-refractivity contribution in [3.8, 4) is 5.75 Å². The van der Waals surface area contributed by atoms with Crippen molar-refractivity contribution < 1.29 is 19.4 Å². The molecule has 172 valence electrons. The normalized spacial score (nSPS) is 23.2. The first kappa shape index (κ1) is 24.3. The van der Waals surface area contributed by atoms with E-state index < -0.39 is 5.97 Å². The molecule has 3 rings (SSSR count). The van der Waals surface area contributed by atoms with Gasteiger partial charge in [0.25, 0.3) is 0 Å². The van der Waals surface area contributed by atoms with E-state index in [1.54, 1.807) is 0 Å². The predicted octanol–water partition coefficient (Wildman–Crippen LogP) is 6.83. The van der Waals surface area contributed by atoms with Crippen molar-refractivity contribution in [2.75, 3.05) is 6.61 Å². The van der Waals surface area contributed by atoms with Crippen LogP contribution in [0.1, 0.15) is 62.8 Å². The van der Waals surface area contributed by atoms with Crippen LogP contribution in [0.5, 0.6) is 5.75 Å². The first-order valence-corrected chi connectivity index (χ1v) is 11.6. The number of halogens is 1. The number of carboxylic acids is 1. The van der Waals surface area contributed by atoms with E-state index in [-0.39, 0.29) is 30.5 Å². The Bertz CT molecular complexity index is 951. The predicted molar refractivity (Wildman–Crippen MR) is 129 cm³/mol. The summed E-state index contributed by atoms with van der Waals surface area (Å²) in [6.45, 7) is 13.2. The molecular weight excluding hydrogens is 424 g/mol. The van der Waals surface area contributed by atoms with Crippen LogP contribution in [0.25, 0.3) is 0 Å². The second kappa shape index (κ2) is 10.5. The van der Waals surface area contributed by atoms with E-state index in [0.717, 1.165) is 33.9 Å². The Morgan fingerprint density at radius 3 is 2.53 bits per heavy atom. The van der Waals surface area contributed by atoms with Crippen LogP contribution >= 0.6 is 11.6 Å². The molecular formula is C27H33ClO4. The van der Waals surface area contributed by atoms with Crippen molar-refractivity contribution in [3.63, 3.8) is 0 Å². The molecule has 0 spiro atoms. The molecule has 0 bridgehead atoms. The fraction of sp³-hybridized carbons (Fsp3) is 0.444. The molecule has 32 heavy (non-hydrogen) atoms. The smallest absolute Gasteiger partial charge is 0.307 e. The van der Waals surface area contributed by atoms with Gasteiger partial charge in [-0.15, -0.1) is 0 Å². The van der Waals surface area contributed by atoms with E-state index in [0.29, 0.717) is 12.5 Å². The maximum absolute atomic E-state index is 11.3. The minimum Gasteiger partial charge on any atom is -0.493 e. The van der Waals surface area contributed by atoms with Crippen molar-refractivity contribution in [2.45, 2.75) is 58.7 Å². The average molecular weight is 457 g/mol. The molecule has 4 nitrogen and oxygen atoms in total. The van der Waals surface area contributed by atoms with E-state index in [1.807, 2.05) is 37.3 Å². The third-order valence-electron chi connectivity index (χ3n) is 6.04. The largest absolute Gasteiger partial charge is 0.493 e. The molecule has 0 amide bonds. The number of ether oxygens (including phenoxy) is 2. The van der Waals surface area contributed by atoms with Crippen LogP contribution in [0.15, 0.2) is 54.6 Å². The Morgan fingerprint density at radius 1 is 1.25 bits per heavy atom. The number of benzene rings is 2. The SMILES string of the molecule is C=C(C)[C@H]1C[C@H](c2ccc(Cl)cc2)[C@H](C)O[C@@H]1c1cc(CC(=O)O)ccc1OCC(C)C. The lowest BCUT2D eigenvalue weighted by Gasteiger charge is -2.42. The molecule has 0 unspecified atom stereocenters. The van der Waals surface area contributed by atoms with Gasteiger partial charge < -0.3 is 14.6 Å². The van der Waals surface area contributed by atoms with Gasteiger partial charge >= 0.3 is 5.97 Å². The molecule has 1 fully saturated rings. The third kappa shape index (κ3) is 5.93. The van der Waals surface area contributed by atoms with E-state index in [4.69, 9.17) is 21.1 Å². The first-order valence-electron chi connectivity index (χ1n) is 11.2. The lowest BCUT2D eigenvalue weighted by molar-refractivity contribution is -0.136. The zero-order valence-electron chi connectivity index (χ0n) is 19.3. The Labute approximate surface area is 196 Å². The van der Waals surface area contributed by atoms with Crippen LogP contribution < -0.4 is 4.74 Å². The number of carbonyl (C=O) groups is 1. The summed E-state index contributed by atoms with van der Waals surface area (Å²) in [5, 5.41) is 10.0. The van der Waals surface area contributed by atoms with Gasteiger partial charge in [-0.25, -0.2) is 0 Å². The number of hydrogen-bond acceptors (Lipinski definition) is 3. The molecule has 2 aromatic carbocycles. The molecule has 1 heterocycles. The van der Waals surface area contributed by atoms with Gasteiger partial charge in [0.15, 0.2) is 0 Å². The highest BCUT2D eigenvalue weighted by atomic mass is 35.5. The van der Waals surface area contributed by atoms with E-state index in [9.17, 15) is 9.90 Å². The topological polar surface area (TPSA) is 55.8 Å². The summed E-state index contributed by atoms with van der Waals surface area (Å²) in [4.78, 5) is 11.3. The summed E-state index contributed by atoms with van der Waals surface area (Å²) < 4.78 is 12.8. The summed E-state index contributed by atoms with van der Waals surface area (Å²) in [7, 11) is 0. The number of aliphatic carboxylic acids is 1. The highest BCUT2D eigenvalue weighted by molar-refractivity contribution is 6.30. The summed E-state index contributed by atoms with van der Waals surface area (Å²) in [5.41, 5.74) is 3.88. The van der Waals surface area contributed by atoms with E-state index in [1.165, 1.54) is 5.56 Å². The number of hydrogen-bond donors (Lipinski definition) is 1. The Hall–Kier alpha value is -2.30. The Morgan fingerprint density at radius 2 is 1.94 bits per heavy atom. The summed E-state index contributed by atoms with van der Waals surface area (Å²) in [6, 6.07) is 13.6. The van der Waals surface area contributed by atoms with Gasteiger partial charge in [0, 0.05) is 22.4 Å². The van der Waals surface area contributed by atoms with Crippen molar-refractivity contribution in [1.82, 2.24) is 0 Å². The average Bonchev–Trinajstić information content (AvgIpc) is 2.72. The second-order valence-corrected chi connectivity index (χ2v) is 9.69. The number of rotatable bonds is 8. The minimum atomic E-state index is -0.857. The Kier molecular flexibility index (Phi) is 8.02. The summed E-state index contributed by atoms with van der Waals surface area (Å²) in [5.74, 6) is 0.560. The van der Waals surface area contributed by atoms with Crippen LogP contribution in [0, 0.1) is 11.8 Å². The summed E-state index contributed by atoms with van der Waals surface area (Å²) >= 11 is 6.09. The molecule has 1 aliphatic heterocycles. The fourth-order valence-corrected chi connectivity index (χ4v) is 4.50. The van der Waals surface area contributed by atoms with Gasteiger partial charge in [0.1, 0.15) is 5.75 Å². The van der Waals surface area contributed by atoms with Crippen LogP contribution in [0.4, 0.5) is 0 Å². The van der Waals surface area contributed by atoms with Crippen molar-refractivity contribution in [1.29, 1.82) is 0 Å². The third-order valence-corrected chi connectivity index (χ3v) is 6.29. The zero-order chi connectivity index (χ0) is 23.4. The molecule has 0 aliphatic carbocycles. The molecule has 1 N–H and O–H groups in total. The van der Waals surface area contributed by atoms with Gasteiger partial charge in [-0.05, 0) is 61.6 Å². The van der Waals surface area contributed by atoms with Crippen LogP contribution in [-0.4, -0.2) is 23.8 Å². The molecule has 0 radical (unpaired) electrons. The van der Waals surface area contributed by atoms with Crippen LogP contribution in [0.3, 0.4) is 0 Å². The Balaban J connectivity index is 1.97. The number of carboxylic acid groups (broad SMARTS) is 1. The van der Waals surface area contributed by atoms with Gasteiger partial charge in [-0.1, -0.05) is 55.8 Å².